The van der Waals surface area contributed by atoms with Gasteiger partial charge in [-0.3, -0.25) is 0 Å². The zero-order chi connectivity index (χ0) is 10.0. The molecule has 14 heavy (non-hydrogen) atoms. The molecular formula is C11H15BrOTe. The molecule has 3 heteroatoms. The van der Waals surface area contributed by atoms with Gasteiger partial charge in [0.25, 0.3) is 0 Å². The van der Waals surface area contributed by atoms with E-state index in [4.69, 9.17) is 3.10 Å². The van der Waals surface area contributed by atoms with Crippen LogP contribution in [0.5, 0.6) is 0 Å². The number of hydrogen-bond donors (Lipinski definition) is 0. The predicted molar refractivity (Wildman–Crippen MR) is 65.3 cm³/mol. The monoisotopic (exact) mass is 372 g/mol. The van der Waals surface area contributed by atoms with E-state index in [2.05, 4.69) is 43.9 Å². The van der Waals surface area contributed by atoms with E-state index in [9.17, 15) is 0 Å². The molecule has 1 nitrogen and oxygen atoms in total. The number of rotatable bonds is 3. The first-order chi connectivity index (χ1) is 6.76. The number of unbranched alkanes of at least 4 members (excludes halogenated alkanes) is 1. The fourth-order valence-corrected chi connectivity index (χ4v) is 12.3. The van der Waals surface area contributed by atoms with E-state index in [1.807, 2.05) is 0 Å². The minimum atomic E-state index is -2.27. The van der Waals surface area contributed by atoms with Crippen LogP contribution < -0.4 is 3.61 Å². The van der Waals surface area contributed by atoms with E-state index in [-0.39, 0.29) is 0 Å². The molecule has 1 unspecified atom stereocenters. The van der Waals surface area contributed by atoms with E-state index in [0.717, 1.165) is 6.61 Å². The summed E-state index contributed by atoms with van der Waals surface area (Å²) in [6.45, 7) is 3.06. The van der Waals surface area contributed by atoms with Crippen LogP contribution in [0.15, 0.2) is 24.3 Å². The Kier molecular flexibility index (Phi) is 3.54. The molecule has 78 valence electrons. The molecule has 0 aliphatic carbocycles. The summed E-state index contributed by atoms with van der Waals surface area (Å²) < 4.78 is 8.77. The molecule has 0 aromatic heterocycles. The molecule has 1 aromatic rings. The predicted octanol–water partition coefficient (Wildman–Crippen LogP) is 3.06. The van der Waals surface area contributed by atoms with Crippen molar-refractivity contribution in [3.05, 3.63) is 29.8 Å². The average molecular weight is 371 g/mol. The Morgan fingerprint density at radius 1 is 1.43 bits per heavy atom. The molecule has 0 amide bonds. The summed E-state index contributed by atoms with van der Waals surface area (Å²) in [4.78, 5) is 0. The maximum absolute atomic E-state index is 6.02. The number of benzene rings is 1. The van der Waals surface area contributed by atoms with Crippen LogP contribution in [0.1, 0.15) is 25.3 Å². The van der Waals surface area contributed by atoms with Gasteiger partial charge < -0.3 is 0 Å². The molecule has 0 bridgehead atoms. The molecule has 0 saturated carbocycles. The Balaban J connectivity index is 2.23. The fraction of sp³-hybridized carbons (Fsp3) is 0.455. The van der Waals surface area contributed by atoms with Crippen molar-refractivity contribution in [1.29, 1.82) is 0 Å². The Morgan fingerprint density at radius 2 is 2.21 bits per heavy atom. The zero-order valence-electron chi connectivity index (χ0n) is 8.33. The van der Waals surface area contributed by atoms with Gasteiger partial charge in [-0.2, -0.15) is 0 Å². The van der Waals surface area contributed by atoms with Crippen molar-refractivity contribution in [3.8, 4) is 0 Å². The van der Waals surface area contributed by atoms with Crippen LogP contribution in [0.2, 0.25) is 4.47 Å². The first-order valence-corrected chi connectivity index (χ1v) is 14.0. The molecule has 2 rings (SSSR count). The Labute approximate surface area is 96.0 Å². The Bertz CT molecular complexity index is 329. The number of hydrogen-bond acceptors (Lipinski definition) is 1. The molecule has 0 N–H and O–H groups in total. The van der Waals surface area contributed by atoms with Crippen molar-refractivity contribution < 1.29 is 3.10 Å². The summed E-state index contributed by atoms with van der Waals surface area (Å²) in [6.07, 6.45) is 2.53. The van der Waals surface area contributed by atoms with Crippen molar-refractivity contribution in [2.75, 3.05) is 0 Å². The van der Waals surface area contributed by atoms with E-state index in [0.29, 0.717) is 0 Å². The molecule has 1 atom stereocenters. The van der Waals surface area contributed by atoms with Gasteiger partial charge in [0.1, 0.15) is 0 Å². The summed E-state index contributed by atoms with van der Waals surface area (Å²) in [5.74, 6) is 0. The average Bonchev–Trinajstić information content (AvgIpc) is 2.55. The second-order valence-electron chi connectivity index (χ2n) is 3.52. The molecule has 1 heterocycles. The van der Waals surface area contributed by atoms with Gasteiger partial charge in [0.05, 0.1) is 0 Å². The van der Waals surface area contributed by atoms with E-state index in [1.165, 1.54) is 26.5 Å². The summed E-state index contributed by atoms with van der Waals surface area (Å²) in [6, 6.07) is 8.66. The molecular weight excluding hydrogens is 356 g/mol. The third-order valence-electron chi connectivity index (χ3n) is 2.46. The second kappa shape index (κ2) is 4.53. The van der Waals surface area contributed by atoms with Gasteiger partial charge in [0.2, 0.25) is 0 Å². The second-order valence-corrected chi connectivity index (χ2v) is 17.0. The summed E-state index contributed by atoms with van der Waals surface area (Å²) in [7, 11) is 0. The van der Waals surface area contributed by atoms with Crippen LogP contribution in [0, 0.1) is 0 Å². The van der Waals surface area contributed by atoms with Crippen molar-refractivity contribution in [2.45, 2.75) is 30.8 Å². The topological polar surface area (TPSA) is 9.23 Å². The maximum atomic E-state index is 6.02. The summed E-state index contributed by atoms with van der Waals surface area (Å²) in [5.41, 5.74) is 1.40. The van der Waals surface area contributed by atoms with Gasteiger partial charge in [-0.05, 0) is 0 Å². The van der Waals surface area contributed by atoms with Crippen LogP contribution in [0.25, 0.3) is 0 Å². The minimum absolute atomic E-state index is 0.826. The standard InChI is InChI=1S/C11H15BrOTe/c1-2-3-8-14(12)11-7-5-4-6-10(11)9-13-14/h4-7H,2-3,8-9H2,1H3. The van der Waals surface area contributed by atoms with E-state index in [1.54, 1.807) is 0 Å². The van der Waals surface area contributed by atoms with Crippen molar-refractivity contribution in [2.24, 2.45) is 0 Å². The zero-order valence-corrected chi connectivity index (χ0v) is 12.2. The van der Waals surface area contributed by atoms with Crippen LogP contribution in [0.4, 0.5) is 0 Å². The van der Waals surface area contributed by atoms with Crippen LogP contribution in [0.3, 0.4) is 0 Å². The van der Waals surface area contributed by atoms with Crippen LogP contribution in [-0.4, -0.2) is 16.4 Å². The Hall–Kier alpha value is 0.450. The molecule has 0 saturated heterocycles. The quantitative estimate of drug-likeness (QED) is 0.743. The Morgan fingerprint density at radius 3 is 3.00 bits per heavy atom. The first kappa shape index (κ1) is 11.0. The SMILES string of the molecule is CCCC[Te]1(Br)OCc2ccccc21. The van der Waals surface area contributed by atoms with Gasteiger partial charge in [-0.15, -0.1) is 0 Å². The normalized spacial score (nSPS) is 29.6. The van der Waals surface area contributed by atoms with E-state index >= 15 is 0 Å². The summed E-state index contributed by atoms with van der Waals surface area (Å²) in [5, 5.41) is 0. The number of halogens is 1. The van der Waals surface area contributed by atoms with Crippen LogP contribution >= 0.6 is 12.8 Å². The molecule has 0 spiro atoms. The fourth-order valence-electron chi connectivity index (χ4n) is 1.64. The molecule has 1 aromatic carbocycles. The third kappa shape index (κ3) is 2.02. The molecule has 1 aliphatic heterocycles. The van der Waals surface area contributed by atoms with Crippen molar-refractivity contribution in [3.63, 3.8) is 0 Å². The van der Waals surface area contributed by atoms with Crippen molar-refractivity contribution >= 4 is 32.8 Å². The van der Waals surface area contributed by atoms with Gasteiger partial charge in [0.15, 0.2) is 0 Å². The van der Waals surface area contributed by atoms with Gasteiger partial charge >= 0.3 is 96.5 Å². The van der Waals surface area contributed by atoms with Crippen LogP contribution in [-0.2, 0) is 9.71 Å². The van der Waals surface area contributed by atoms with Gasteiger partial charge in [0, 0.05) is 0 Å². The molecule has 0 radical (unpaired) electrons. The molecule has 1 aliphatic rings. The van der Waals surface area contributed by atoms with Gasteiger partial charge in [-0.1, -0.05) is 0 Å². The molecule has 0 fully saturated rings. The summed E-state index contributed by atoms with van der Waals surface area (Å²) >= 11 is 1.64. The van der Waals surface area contributed by atoms with E-state index < -0.39 is 16.4 Å². The number of fused-ring (bicyclic) bond motifs is 1. The third-order valence-corrected chi connectivity index (χ3v) is 15.0. The van der Waals surface area contributed by atoms with Crippen molar-refractivity contribution in [1.82, 2.24) is 0 Å². The first-order valence-electron chi connectivity index (χ1n) is 4.99. The van der Waals surface area contributed by atoms with Gasteiger partial charge in [-0.25, -0.2) is 0 Å².